The highest BCUT2D eigenvalue weighted by atomic mass is 32.2. The maximum absolute atomic E-state index is 13.3. The molecule has 3 N–H and O–H groups in total. The fourth-order valence-electron chi connectivity index (χ4n) is 3.22. The number of hydrogen-bond acceptors (Lipinski definition) is 8. The van der Waals surface area contributed by atoms with E-state index in [4.69, 9.17) is 4.74 Å². The van der Waals surface area contributed by atoms with Crippen LogP contribution in [0.25, 0.3) is 0 Å². The topological polar surface area (TPSA) is 162 Å². The van der Waals surface area contributed by atoms with E-state index >= 15 is 0 Å². The Morgan fingerprint density at radius 1 is 1.24 bits per heavy atom. The van der Waals surface area contributed by atoms with Crippen LogP contribution in [0.5, 0.6) is 0 Å². The van der Waals surface area contributed by atoms with Crippen molar-refractivity contribution >= 4 is 45.0 Å². The molecule has 0 bridgehead atoms. The SMILES string of the molecule is COC1C(=O)N(C(C(=O)Nc2cc(NS(C)(=O)=O)ccc2CO)C(=O)C(C)(C)C)C(=O)N1C. The van der Waals surface area contributed by atoms with E-state index in [1.165, 1.54) is 53.1 Å². The Kier molecular flexibility index (Phi) is 7.51. The molecule has 2 rings (SSSR count). The number of nitrogens with one attached hydrogen (secondary N) is 2. The molecule has 33 heavy (non-hydrogen) atoms. The zero-order valence-electron chi connectivity index (χ0n) is 19.2. The highest BCUT2D eigenvalue weighted by Gasteiger charge is 2.52. The number of nitrogens with zero attached hydrogens (tertiary/aromatic N) is 2. The van der Waals surface area contributed by atoms with Gasteiger partial charge in [-0.1, -0.05) is 26.8 Å². The number of rotatable bonds is 8. The van der Waals surface area contributed by atoms with Gasteiger partial charge in [-0.05, 0) is 12.1 Å². The molecule has 12 nitrogen and oxygen atoms in total. The lowest BCUT2D eigenvalue weighted by Crippen LogP contribution is -2.55. The van der Waals surface area contributed by atoms with Crippen molar-refractivity contribution in [2.45, 2.75) is 39.6 Å². The second-order valence-electron chi connectivity index (χ2n) is 8.60. The normalized spacial score (nSPS) is 17.8. The van der Waals surface area contributed by atoms with Crippen molar-refractivity contribution in [3.63, 3.8) is 0 Å². The summed E-state index contributed by atoms with van der Waals surface area (Å²) in [6.07, 6.45) is -0.354. The first-order valence-corrected chi connectivity index (χ1v) is 11.7. The van der Waals surface area contributed by atoms with Gasteiger partial charge in [0.2, 0.25) is 16.3 Å². The van der Waals surface area contributed by atoms with Crippen molar-refractivity contribution in [3.8, 4) is 0 Å². The van der Waals surface area contributed by atoms with Crippen LogP contribution in [0.4, 0.5) is 16.2 Å². The van der Waals surface area contributed by atoms with Gasteiger partial charge in [0.25, 0.3) is 11.8 Å². The molecule has 1 aromatic rings. The maximum Gasteiger partial charge on any atom is 0.330 e. The van der Waals surface area contributed by atoms with Crippen LogP contribution in [0.2, 0.25) is 0 Å². The predicted molar refractivity (Wildman–Crippen MR) is 119 cm³/mol. The zero-order chi connectivity index (χ0) is 25.3. The quantitative estimate of drug-likeness (QED) is 0.351. The summed E-state index contributed by atoms with van der Waals surface area (Å²) >= 11 is 0. The standard InChI is InChI=1S/C20H28N4O8S/c1-20(2,3)15(26)14(24-17(28)18(32-5)23(4)19(24)29)16(27)21-13-9-12(22-33(6,30)31)8-7-11(13)10-25/h7-9,14,18,22,25H,10H2,1-6H3,(H,21,27). The maximum atomic E-state index is 13.3. The van der Waals surface area contributed by atoms with Crippen LogP contribution >= 0.6 is 0 Å². The Balaban J connectivity index is 2.51. The first kappa shape index (κ1) is 26.2. The largest absolute Gasteiger partial charge is 0.392 e. The van der Waals surface area contributed by atoms with Gasteiger partial charge < -0.3 is 15.2 Å². The number of amides is 4. The number of aliphatic hydroxyl groups excluding tert-OH is 1. The van der Waals surface area contributed by atoms with Gasteiger partial charge in [-0.3, -0.25) is 24.0 Å². The molecule has 1 aliphatic rings. The average molecular weight is 485 g/mol. The second kappa shape index (κ2) is 9.45. The number of hydrogen-bond donors (Lipinski definition) is 3. The number of methoxy groups -OCH3 is 1. The van der Waals surface area contributed by atoms with Gasteiger partial charge in [-0.2, -0.15) is 0 Å². The molecule has 1 aliphatic heterocycles. The lowest BCUT2D eigenvalue weighted by molar-refractivity contribution is -0.148. The third-order valence-electron chi connectivity index (χ3n) is 4.87. The highest BCUT2D eigenvalue weighted by Crippen LogP contribution is 2.28. The molecule has 182 valence electrons. The Labute approximate surface area is 191 Å². The molecule has 2 unspecified atom stereocenters. The molecule has 0 radical (unpaired) electrons. The smallest absolute Gasteiger partial charge is 0.330 e. The Bertz CT molecular complexity index is 1080. The highest BCUT2D eigenvalue weighted by molar-refractivity contribution is 7.92. The summed E-state index contributed by atoms with van der Waals surface area (Å²) in [5.74, 6) is -2.59. The van der Waals surface area contributed by atoms with E-state index in [1.54, 1.807) is 0 Å². The fourth-order valence-corrected chi connectivity index (χ4v) is 3.77. The second-order valence-corrected chi connectivity index (χ2v) is 10.3. The number of aliphatic hydroxyl groups is 1. The number of carbonyl (C=O) groups is 4. The van der Waals surface area contributed by atoms with Crippen molar-refractivity contribution in [2.24, 2.45) is 5.41 Å². The van der Waals surface area contributed by atoms with Gasteiger partial charge >= 0.3 is 6.03 Å². The van der Waals surface area contributed by atoms with Crippen molar-refractivity contribution in [1.82, 2.24) is 9.80 Å². The third kappa shape index (κ3) is 5.67. The minimum Gasteiger partial charge on any atom is -0.392 e. The zero-order valence-corrected chi connectivity index (χ0v) is 20.0. The molecule has 4 amide bonds. The molecule has 13 heteroatoms. The van der Waals surface area contributed by atoms with Gasteiger partial charge in [-0.15, -0.1) is 0 Å². The third-order valence-corrected chi connectivity index (χ3v) is 5.47. The number of benzene rings is 1. The van der Waals surface area contributed by atoms with Gasteiger partial charge in [0, 0.05) is 30.8 Å². The summed E-state index contributed by atoms with van der Waals surface area (Å²) in [5, 5.41) is 12.1. The van der Waals surface area contributed by atoms with E-state index in [9.17, 15) is 32.7 Å². The van der Waals surface area contributed by atoms with Crippen LogP contribution in [0.3, 0.4) is 0 Å². The monoisotopic (exact) mass is 484 g/mol. The number of imide groups is 1. The van der Waals surface area contributed by atoms with Crippen molar-refractivity contribution in [2.75, 3.05) is 30.5 Å². The van der Waals surface area contributed by atoms with Gasteiger partial charge in [0.1, 0.15) is 0 Å². The Hall–Kier alpha value is -3.03. The minimum atomic E-state index is -3.63. The van der Waals surface area contributed by atoms with E-state index in [1.807, 2.05) is 0 Å². The molecule has 1 fully saturated rings. The van der Waals surface area contributed by atoms with Crippen molar-refractivity contribution < 1.29 is 37.4 Å². The lowest BCUT2D eigenvalue weighted by atomic mass is 9.85. The van der Waals surface area contributed by atoms with Crippen LogP contribution in [0.1, 0.15) is 26.3 Å². The average Bonchev–Trinajstić information content (AvgIpc) is 2.89. The summed E-state index contributed by atoms with van der Waals surface area (Å²) in [5.41, 5.74) is -0.795. The molecule has 1 saturated heterocycles. The van der Waals surface area contributed by atoms with Crippen LogP contribution in [0, 0.1) is 5.41 Å². The van der Waals surface area contributed by atoms with E-state index < -0.39 is 57.9 Å². The number of urea groups is 1. The van der Waals surface area contributed by atoms with Gasteiger partial charge in [0.15, 0.2) is 11.8 Å². The number of carbonyl (C=O) groups excluding carboxylic acids is 4. The summed E-state index contributed by atoms with van der Waals surface area (Å²) in [6.45, 7) is 4.10. The summed E-state index contributed by atoms with van der Waals surface area (Å²) < 4.78 is 30.3. The van der Waals surface area contributed by atoms with Gasteiger partial charge in [-0.25, -0.2) is 18.1 Å². The van der Waals surface area contributed by atoms with E-state index in [0.29, 0.717) is 4.90 Å². The molecule has 2 atom stereocenters. The summed E-state index contributed by atoms with van der Waals surface area (Å²) in [4.78, 5) is 53.5. The van der Waals surface area contributed by atoms with Crippen molar-refractivity contribution in [3.05, 3.63) is 23.8 Å². The molecular weight excluding hydrogens is 456 g/mol. The molecule has 0 spiro atoms. The van der Waals surface area contributed by atoms with E-state index in [-0.39, 0.29) is 16.9 Å². The van der Waals surface area contributed by atoms with E-state index in [2.05, 4.69) is 10.0 Å². The fraction of sp³-hybridized carbons (Fsp3) is 0.500. The Morgan fingerprint density at radius 3 is 2.30 bits per heavy atom. The van der Waals surface area contributed by atoms with Crippen LogP contribution in [-0.2, 0) is 35.8 Å². The molecule has 1 aromatic carbocycles. The number of sulfonamides is 1. The van der Waals surface area contributed by atoms with Crippen LogP contribution in [-0.4, -0.2) is 79.6 Å². The molecule has 0 aliphatic carbocycles. The number of ether oxygens (including phenoxy) is 1. The van der Waals surface area contributed by atoms with E-state index in [0.717, 1.165) is 11.2 Å². The number of likely N-dealkylation sites (N-methyl/N-ethyl adjacent to an activating group) is 1. The molecule has 0 aromatic heterocycles. The van der Waals surface area contributed by atoms with Crippen molar-refractivity contribution in [1.29, 1.82) is 0 Å². The first-order valence-electron chi connectivity index (χ1n) is 9.81. The van der Waals surface area contributed by atoms with Crippen LogP contribution < -0.4 is 10.0 Å². The lowest BCUT2D eigenvalue weighted by Gasteiger charge is -2.29. The summed E-state index contributed by atoms with van der Waals surface area (Å²) in [6, 6.07) is 1.29. The summed E-state index contributed by atoms with van der Waals surface area (Å²) in [7, 11) is -1.12. The van der Waals surface area contributed by atoms with Gasteiger partial charge in [0.05, 0.1) is 18.6 Å². The predicted octanol–water partition coefficient (Wildman–Crippen LogP) is 0.339. The minimum absolute atomic E-state index is 0.00130. The first-order chi connectivity index (χ1) is 15.1. The molecule has 1 heterocycles. The number of ketones is 1. The molecule has 0 saturated carbocycles. The molecular formula is C20H28N4O8S. The number of Topliss-reactive ketones (excluding diaryl/α,β-unsaturated/α-hetero) is 1. The Morgan fingerprint density at radius 2 is 1.85 bits per heavy atom. The van der Waals surface area contributed by atoms with Crippen LogP contribution in [0.15, 0.2) is 18.2 Å². The number of anilines is 2.